The lowest BCUT2D eigenvalue weighted by Crippen LogP contribution is -2.58. The maximum Gasteiger partial charge on any atom is 0.305 e. The number of hydrogen-bond acceptors (Lipinski definition) is 4. The van der Waals surface area contributed by atoms with Crippen molar-refractivity contribution < 1.29 is 19.7 Å². The third-order valence-corrected chi connectivity index (χ3v) is 10.4. The van der Waals surface area contributed by atoms with E-state index in [0.29, 0.717) is 41.4 Å². The number of aliphatic hydroxyl groups is 2. The Morgan fingerprint density at radius 2 is 1.69 bits per heavy atom. The van der Waals surface area contributed by atoms with Gasteiger partial charge in [0.1, 0.15) is 0 Å². The zero-order valence-corrected chi connectivity index (χ0v) is 18.9. The molecule has 0 amide bonds. The molecule has 0 radical (unpaired) electrons. The van der Waals surface area contributed by atoms with Crippen LogP contribution in [0.2, 0.25) is 0 Å². The summed E-state index contributed by atoms with van der Waals surface area (Å²) in [4.78, 5) is 11.6. The van der Waals surface area contributed by atoms with E-state index in [1.807, 2.05) is 0 Å². The van der Waals surface area contributed by atoms with Gasteiger partial charge in [0.2, 0.25) is 0 Å². The summed E-state index contributed by atoms with van der Waals surface area (Å²) in [6, 6.07) is 0. The molecule has 0 aromatic carbocycles. The zero-order valence-electron chi connectivity index (χ0n) is 18.9. The van der Waals surface area contributed by atoms with Gasteiger partial charge in [0.15, 0.2) is 0 Å². The minimum absolute atomic E-state index is 0.0888. The molecular formula is C25H42O4. The number of aliphatic hydroxyl groups excluding tert-OH is 2. The Bertz CT molecular complexity index is 620. The predicted octanol–water partition coefficient (Wildman–Crippen LogP) is 4.57. The van der Waals surface area contributed by atoms with E-state index in [9.17, 15) is 15.0 Å². The second kappa shape index (κ2) is 7.82. The number of fused-ring (bicyclic) bond motifs is 5. The van der Waals surface area contributed by atoms with Gasteiger partial charge < -0.3 is 14.9 Å². The van der Waals surface area contributed by atoms with Gasteiger partial charge in [0.25, 0.3) is 0 Å². The van der Waals surface area contributed by atoms with Gasteiger partial charge in [-0.15, -0.1) is 0 Å². The Morgan fingerprint density at radius 3 is 2.41 bits per heavy atom. The molecule has 4 aliphatic rings. The number of hydrogen-bond donors (Lipinski definition) is 2. The van der Waals surface area contributed by atoms with Crippen molar-refractivity contribution in [3.8, 4) is 0 Å². The standard InChI is InChI=1S/C25H42O4/c1-15(5-8-23(28)29-4)18-6-7-19-17-14-22(27)21-13-16(26)9-11-25(21,3)20(17)10-12-24(18,19)2/h15-22,26-27H,5-14H2,1-4H3/t15-,16-,17+,18-,19-,20+,21+,22-,24+,25+/m0/s1. The lowest BCUT2D eigenvalue weighted by molar-refractivity contribution is -0.172. The first kappa shape index (κ1) is 21.6. The van der Waals surface area contributed by atoms with Crippen LogP contribution in [0.15, 0.2) is 0 Å². The molecule has 0 spiro atoms. The normalized spacial score (nSPS) is 50.2. The molecule has 0 heterocycles. The van der Waals surface area contributed by atoms with Crippen LogP contribution in [0.5, 0.6) is 0 Å². The van der Waals surface area contributed by atoms with Gasteiger partial charge in [-0.2, -0.15) is 0 Å². The van der Waals surface area contributed by atoms with E-state index in [0.717, 1.165) is 32.1 Å². The molecule has 29 heavy (non-hydrogen) atoms. The molecule has 0 aromatic rings. The predicted molar refractivity (Wildman–Crippen MR) is 113 cm³/mol. The maximum atomic E-state index is 11.6. The first-order valence-corrected chi connectivity index (χ1v) is 12.1. The number of rotatable bonds is 4. The third kappa shape index (κ3) is 3.46. The van der Waals surface area contributed by atoms with Crippen molar-refractivity contribution in [3.63, 3.8) is 0 Å². The number of methoxy groups -OCH3 is 1. The zero-order chi connectivity index (χ0) is 21.0. The quantitative estimate of drug-likeness (QED) is 0.671. The highest BCUT2D eigenvalue weighted by Gasteiger charge is 2.62. The van der Waals surface area contributed by atoms with E-state index in [4.69, 9.17) is 4.74 Å². The Labute approximate surface area is 176 Å². The van der Waals surface area contributed by atoms with Crippen molar-refractivity contribution in [3.05, 3.63) is 0 Å². The fourth-order valence-electron chi connectivity index (χ4n) is 8.90. The van der Waals surface area contributed by atoms with E-state index in [1.165, 1.54) is 32.8 Å². The minimum atomic E-state index is -0.255. The summed E-state index contributed by atoms with van der Waals surface area (Å²) >= 11 is 0. The van der Waals surface area contributed by atoms with Gasteiger partial charge in [-0.1, -0.05) is 20.8 Å². The van der Waals surface area contributed by atoms with Crippen LogP contribution in [0.4, 0.5) is 0 Å². The van der Waals surface area contributed by atoms with Crippen LogP contribution in [-0.4, -0.2) is 35.5 Å². The van der Waals surface area contributed by atoms with Crippen LogP contribution in [-0.2, 0) is 9.53 Å². The Morgan fingerprint density at radius 1 is 1.00 bits per heavy atom. The molecule has 2 N–H and O–H groups in total. The molecule has 4 rings (SSSR count). The fourth-order valence-corrected chi connectivity index (χ4v) is 8.90. The number of esters is 1. The topological polar surface area (TPSA) is 66.8 Å². The molecule has 0 saturated heterocycles. The first-order valence-electron chi connectivity index (χ1n) is 12.1. The van der Waals surface area contributed by atoms with E-state index in [-0.39, 0.29) is 29.5 Å². The van der Waals surface area contributed by atoms with Gasteiger partial charge >= 0.3 is 5.97 Å². The average molecular weight is 407 g/mol. The molecule has 4 heteroatoms. The second-order valence-electron chi connectivity index (χ2n) is 11.5. The van der Waals surface area contributed by atoms with E-state index in [1.54, 1.807) is 0 Å². The Hall–Kier alpha value is -0.610. The smallest absolute Gasteiger partial charge is 0.305 e. The molecule has 4 saturated carbocycles. The molecule has 0 unspecified atom stereocenters. The summed E-state index contributed by atoms with van der Waals surface area (Å²) < 4.78 is 4.86. The van der Waals surface area contributed by atoms with Crippen LogP contribution in [0.25, 0.3) is 0 Å². The molecule has 166 valence electrons. The largest absolute Gasteiger partial charge is 0.469 e. The number of carbonyl (C=O) groups is 1. The first-order chi connectivity index (χ1) is 13.7. The highest BCUT2D eigenvalue weighted by atomic mass is 16.5. The van der Waals surface area contributed by atoms with E-state index in [2.05, 4.69) is 20.8 Å². The Kier molecular flexibility index (Phi) is 5.83. The number of carbonyl (C=O) groups excluding carboxylic acids is 1. The summed E-state index contributed by atoms with van der Waals surface area (Å²) in [5, 5.41) is 21.3. The van der Waals surface area contributed by atoms with Crippen molar-refractivity contribution in [2.24, 2.45) is 46.3 Å². The molecule has 4 fully saturated rings. The molecular weight excluding hydrogens is 364 g/mol. The summed E-state index contributed by atoms with van der Waals surface area (Å²) in [6.07, 6.45) is 9.77. The van der Waals surface area contributed by atoms with Gasteiger partial charge in [0, 0.05) is 6.42 Å². The molecule has 10 atom stereocenters. The van der Waals surface area contributed by atoms with Crippen LogP contribution in [0.1, 0.15) is 85.0 Å². The van der Waals surface area contributed by atoms with Gasteiger partial charge in [-0.25, -0.2) is 0 Å². The molecule has 0 bridgehead atoms. The monoisotopic (exact) mass is 406 g/mol. The molecule has 0 aliphatic heterocycles. The highest BCUT2D eigenvalue weighted by molar-refractivity contribution is 5.69. The SMILES string of the molecule is COC(=O)CC[C@H](C)[C@@H]1CC[C@H]2[C@H]3C[C@H](O)[C@H]4C[C@@H](O)CC[C@]4(C)[C@@H]3CC[C@@]21C. The van der Waals surface area contributed by atoms with Crippen LogP contribution >= 0.6 is 0 Å². The Balaban J connectivity index is 1.52. The van der Waals surface area contributed by atoms with Crippen molar-refractivity contribution >= 4 is 5.97 Å². The summed E-state index contributed by atoms with van der Waals surface area (Å²) in [5.41, 5.74) is 0.533. The van der Waals surface area contributed by atoms with Crippen molar-refractivity contribution in [1.82, 2.24) is 0 Å². The molecule has 4 nitrogen and oxygen atoms in total. The van der Waals surface area contributed by atoms with Crippen molar-refractivity contribution in [1.29, 1.82) is 0 Å². The van der Waals surface area contributed by atoms with Crippen LogP contribution in [0.3, 0.4) is 0 Å². The molecule has 0 aromatic heterocycles. The van der Waals surface area contributed by atoms with Crippen molar-refractivity contribution in [2.45, 2.75) is 97.2 Å². The minimum Gasteiger partial charge on any atom is -0.469 e. The summed E-state index contributed by atoms with van der Waals surface area (Å²) in [5.74, 6) is 3.42. The highest BCUT2D eigenvalue weighted by Crippen LogP contribution is 2.68. The number of ether oxygens (including phenoxy) is 1. The van der Waals surface area contributed by atoms with Crippen LogP contribution in [0, 0.1) is 46.3 Å². The van der Waals surface area contributed by atoms with Gasteiger partial charge in [0.05, 0.1) is 19.3 Å². The summed E-state index contributed by atoms with van der Waals surface area (Å²) in [6.45, 7) is 7.28. The van der Waals surface area contributed by atoms with E-state index >= 15 is 0 Å². The maximum absolute atomic E-state index is 11.6. The van der Waals surface area contributed by atoms with Crippen LogP contribution < -0.4 is 0 Å². The third-order valence-electron chi connectivity index (χ3n) is 10.4. The van der Waals surface area contributed by atoms with E-state index < -0.39 is 0 Å². The summed E-state index contributed by atoms with van der Waals surface area (Å²) in [7, 11) is 1.48. The average Bonchev–Trinajstić information content (AvgIpc) is 3.05. The molecule has 4 aliphatic carbocycles. The lowest BCUT2D eigenvalue weighted by Gasteiger charge is -2.62. The second-order valence-corrected chi connectivity index (χ2v) is 11.5. The lowest BCUT2D eigenvalue weighted by atomic mass is 9.44. The van der Waals surface area contributed by atoms with Gasteiger partial charge in [-0.05, 0) is 104 Å². The van der Waals surface area contributed by atoms with Gasteiger partial charge in [-0.3, -0.25) is 4.79 Å². The van der Waals surface area contributed by atoms with Crippen molar-refractivity contribution in [2.75, 3.05) is 7.11 Å². The fraction of sp³-hybridized carbons (Fsp3) is 0.960.